The van der Waals surface area contributed by atoms with E-state index in [1.807, 2.05) is 24.3 Å². The average molecular weight is 205 g/mol. The number of nitrogens with zero attached hydrogens (tertiary/aromatic N) is 1. The Bertz CT molecular complexity index is 362. The van der Waals surface area contributed by atoms with Crippen molar-refractivity contribution in [2.45, 2.75) is 6.42 Å². The van der Waals surface area contributed by atoms with Gasteiger partial charge in [0.2, 0.25) is 0 Å². The maximum Gasteiger partial charge on any atom is 0.166 e. The molecule has 0 aliphatic carbocycles. The Labute approximate surface area is 89.7 Å². The van der Waals surface area contributed by atoms with Gasteiger partial charge >= 0.3 is 0 Å². The Balaban J connectivity index is 2.24. The standard InChI is InChI=1S/C12H15NO2/c1-15-9-8-13-7-6-12(14)10-4-2-3-5-11(10)13/h2-5H,6-9H2,1H3. The lowest BCUT2D eigenvalue weighted by molar-refractivity contribution is 0.0978. The van der Waals surface area contributed by atoms with E-state index in [0.29, 0.717) is 13.0 Å². The minimum absolute atomic E-state index is 0.249. The molecule has 2 rings (SSSR count). The highest BCUT2D eigenvalue weighted by atomic mass is 16.5. The molecular weight excluding hydrogens is 190 g/mol. The highest BCUT2D eigenvalue weighted by Crippen LogP contribution is 2.26. The molecule has 0 atom stereocenters. The summed E-state index contributed by atoms with van der Waals surface area (Å²) < 4.78 is 5.06. The average Bonchev–Trinajstić information content (AvgIpc) is 2.29. The molecular formula is C12H15NO2. The Morgan fingerprint density at radius 1 is 1.40 bits per heavy atom. The van der Waals surface area contributed by atoms with Crippen molar-refractivity contribution in [3.63, 3.8) is 0 Å². The van der Waals surface area contributed by atoms with Crippen LogP contribution in [0.1, 0.15) is 16.8 Å². The molecule has 1 aromatic carbocycles. The number of anilines is 1. The molecule has 0 spiro atoms. The molecule has 3 heteroatoms. The van der Waals surface area contributed by atoms with Crippen molar-refractivity contribution in [3.8, 4) is 0 Å². The highest BCUT2D eigenvalue weighted by molar-refractivity contribution is 6.03. The summed E-state index contributed by atoms with van der Waals surface area (Å²) in [6.07, 6.45) is 0.612. The number of ketones is 1. The maximum atomic E-state index is 11.6. The molecule has 0 saturated heterocycles. The van der Waals surface area contributed by atoms with Gasteiger partial charge in [-0.05, 0) is 12.1 Å². The fraction of sp³-hybridized carbons (Fsp3) is 0.417. The molecule has 1 aromatic rings. The first kappa shape index (κ1) is 10.2. The van der Waals surface area contributed by atoms with Crippen molar-refractivity contribution >= 4 is 11.5 Å². The van der Waals surface area contributed by atoms with Gasteiger partial charge in [-0.3, -0.25) is 4.79 Å². The van der Waals surface area contributed by atoms with E-state index in [2.05, 4.69) is 4.90 Å². The molecule has 0 aromatic heterocycles. The van der Waals surface area contributed by atoms with Crippen LogP contribution < -0.4 is 4.90 Å². The van der Waals surface area contributed by atoms with Gasteiger partial charge in [0.1, 0.15) is 0 Å². The predicted octanol–water partition coefficient (Wildman–Crippen LogP) is 1.73. The van der Waals surface area contributed by atoms with E-state index in [4.69, 9.17) is 4.74 Å². The largest absolute Gasteiger partial charge is 0.383 e. The van der Waals surface area contributed by atoms with E-state index >= 15 is 0 Å². The fourth-order valence-corrected chi connectivity index (χ4v) is 1.91. The second-order valence-corrected chi connectivity index (χ2v) is 3.67. The summed E-state index contributed by atoms with van der Waals surface area (Å²) in [6, 6.07) is 7.78. The molecule has 0 N–H and O–H groups in total. The van der Waals surface area contributed by atoms with Crippen LogP contribution in [0.15, 0.2) is 24.3 Å². The second kappa shape index (κ2) is 4.45. The zero-order chi connectivity index (χ0) is 10.7. The van der Waals surface area contributed by atoms with Crippen molar-refractivity contribution in [1.29, 1.82) is 0 Å². The number of Topliss-reactive ketones (excluding diaryl/α,β-unsaturated/α-hetero) is 1. The van der Waals surface area contributed by atoms with Crippen LogP contribution in [0, 0.1) is 0 Å². The van der Waals surface area contributed by atoms with E-state index in [0.717, 1.165) is 24.3 Å². The molecule has 3 nitrogen and oxygen atoms in total. The summed E-state index contributed by atoms with van der Waals surface area (Å²) in [6.45, 7) is 2.35. The van der Waals surface area contributed by atoms with Gasteiger partial charge in [0, 0.05) is 37.9 Å². The number of hydrogen-bond acceptors (Lipinski definition) is 3. The molecule has 15 heavy (non-hydrogen) atoms. The van der Waals surface area contributed by atoms with Gasteiger partial charge in [-0.25, -0.2) is 0 Å². The van der Waals surface area contributed by atoms with Crippen LogP contribution in [0.25, 0.3) is 0 Å². The molecule has 0 saturated carbocycles. The minimum Gasteiger partial charge on any atom is -0.383 e. The minimum atomic E-state index is 0.249. The monoisotopic (exact) mass is 205 g/mol. The molecule has 0 bridgehead atoms. The first-order valence-electron chi connectivity index (χ1n) is 5.19. The van der Waals surface area contributed by atoms with E-state index < -0.39 is 0 Å². The first-order valence-corrected chi connectivity index (χ1v) is 5.19. The van der Waals surface area contributed by atoms with Crippen LogP contribution in [0.4, 0.5) is 5.69 Å². The number of para-hydroxylation sites is 1. The molecule has 1 aliphatic rings. The fourth-order valence-electron chi connectivity index (χ4n) is 1.91. The number of hydrogen-bond donors (Lipinski definition) is 0. The van der Waals surface area contributed by atoms with Crippen molar-refractivity contribution in [3.05, 3.63) is 29.8 Å². The molecule has 1 aliphatic heterocycles. The first-order chi connectivity index (χ1) is 7.33. The lowest BCUT2D eigenvalue weighted by Crippen LogP contribution is -2.34. The Morgan fingerprint density at radius 3 is 3.00 bits per heavy atom. The zero-order valence-electron chi connectivity index (χ0n) is 8.90. The highest BCUT2D eigenvalue weighted by Gasteiger charge is 2.21. The molecule has 0 unspecified atom stereocenters. The van der Waals surface area contributed by atoms with Gasteiger partial charge in [0.15, 0.2) is 5.78 Å². The SMILES string of the molecule is COCCN1CCC(=O)c2ccccc21. The van der Waals surface area contributed by atoms with Crippen LogP contribution in [-0.2, 0) is 4.74 Å². The van der Waals surface area contributed by atoms with Crippen molar-refractivity contribution < 1.29 is 9.53 Å². The van der Waals surface area contributed by atoms with Crippen LogP contribution in [0.3, 0.4) is 0 Å². The quantitative estimate of drug-likeness (QED) is 0.752. The number of benzene rings is 1. The maximum absolute atomic E-state index is 11.6. The van der Waals surface area contributed by atoms with Gasteiger partial charge in [0.25, 0.3) is 0 Å². The third-order valence-electron chi connectivity index (χ3n) is 2.72. The van der Waals surface area contributed by atoms with E-state index in [1.54, 1.807) is 7.11 Å². The number of ether oxygens (including phenoxy) is 1. The smallest absolute Gasteiger partial charge is 0.166 e. The summed E-state index contributed by atoms with van der Waals surface area (Å²) in [5.41, 5.74) is 1.89. The summed E-state index contributed by atoms with van der Waals surface area (Å²) in [5.74, 6) is 0.249. The number of methoxy groups -OCH3 is 1. The zero-order valence-corrected chi connectivity index (χ0v) is 8.90. The molecule has 80 valence electrons. The van der Waals surface area contributed by atoms with Gasteiger partial charge in [-0.15, -0.1) is 0 Å². The van der Waals surface area contributed by atoms with E-state index in [-0.39, 0.29) is 5.78 Å². The Kier molecular flexibility index (Phi) is 3.02. The normalized spacial score (nSPS) is 15.3. The summed E-state index contributed by atoms with van der Waals surface area (Å²) in [5, 5.41) is 0. The van der Waals surface area contributed by atoms with Crippen LogP contribution in [-0.4, -0.2) is 32.6 Å². The number of carbonyl (C=O) groups excluding carboxylic acids is 1. The van der Waals surface area contributed by atoms with Crippen molar-refractivity contribution in [1.82, 2.24) is 0 Å². The summed E-state index contributed by atoms with van der Waals surface area (Å²) >= 11 is 0. The van der Waals surface area contributed by atoms with E-state index in [1.165, 1.54) is 0 Å². The molecule has 0 radical (unpaired) electrons. The number of rotatable bonds is 3. The van der Waals surface area contributed by atoms with Crippen molar-refractivity contribution in [2.75, 3.05) is 31.7 Å². The van der Waals surface area contributed by atoms with Crippen LogP contribution >= 0.6 is 0 Å². The van der Waals surface area contributed by atoms with Gasteiger partial charge in [-0.2, -0.15) is 0 Å². The Morgan fingerprint density at radius 2 is 2.20 bits per heavy atom. The lowest BCUT2D eigenvalue weighted by Gasteiger charge is -2.30. The van der Waals surface area contributed by atoms with E-state index in [9.17, 15) is 4.79 Å². The molecule has 0 fully saturated rings. The van der Waals surface area contributed by atoms with Gasteiger partial charge in [-0.1, -0.05) is 12.1 Å². The molecule has 1 heterocycles. The summed E-state index contributed by atoms with van der Waals surface area (Å²) in [4.78, 5) is 13.9. The van der Waals surface area contributed by atoms with Crippen molar-refractivity contribution in [2.24, 2.45) is 0 Å². The predicted molar refractivity (Wildman–Crippen MR) is 59.5 cm³/mol. The second-order valence-electron chi connectivity index (χ2n) is 3.67. The summed E-state index contributed by atoms with van der Waals surface area (Å²) in [7, 11) is 1.70. The number of carbonyl (C=O) groups is 1. The topological polar surface area (TPSA) is 29.5 Å². The van der Waals surface area contributed by atoms with Gasteiger partial charge < -0.3 is 9.64 Å². The van der Waals surface area contributed by atoms with Crippen LogP contribution in [0.5, 0.6) is 0 Å². The third-order valence-corrected chi connectivity index (χ3v) is 2.72. The lowest BCUT2D eigenvalue weighted by atomic mass is 10.0. The Hall–Kier alpha value is -1.35. The third kappa shape index (κ3) is 2.02. The van der Waals surface area contributed by atoms with Crippen LogP contribution in [0.2, 0.25) is 0 Å². The molecule has 0 amide bonds. The van der Waals surface area contributed by atoms with Gasteiger partial charge in [0.05, 0.1) is 6.61 Å². The number of fused-ring (bicyclic) bond motifs is 1.